The molecule has 4 aliphatic rings. The van der Waals surface area contributed by atoms with Gasteiger partial charge in [0, 0.05) is 64.7 Å². The van der Waals surface area contributed by atoms with Crippen molar-refractivity contribution in [3.05, 3.63) is 75.9 Å². The van der Waals surface area contributed by atoms with Crippen LogP contribution in [0.25, 0.3) is 33.4 Å². The Balaban J connectivity index is 1.06. The van der Waals surface area contributed by atoms with Gasteiger partial charge >= 0.3 is 12.0 Å². The Morgan fingerprint density at radius 3 is 2.57 bits per heavy atom. The van der Waals surface area contributed by atoms with E-state index >= 15 is 0 Å². The lowest BCUT2D eigenvalue weighted by molar-refractivity contribution is -0.121. The number of aromatic hydroxyl groups is 1. The first-order chi connectivity index (χ1) is 22.2. The van der Waals surface area contributed by atoms with Gasteiger partial charge in [-0.15, -0.1) is 0 Å². The van der Waals surface area contributed by atoms with Gasteiger partial charge in [0.1, 0.15) is 17.1 Å². The van der Waals surface area contributed by atoms with Crippen LogP contribution in [0.2, 0.25) is 0 Å². The monoisotopic (exact) mass is 644 g/mol. The van der Waals surface area contributed by atoms with Crippen molar-refractivity contribution in [3.63, 3.8) is 0 Å². The predicted molar refractivity (Wildman–Crippen MR) is 172 cm³/mol. The zero-order valence-electron chi connectivity index (χ0n) is 24.6. The standard InChI is InChI=1S/C33H32N4O8S/c38-18-6-9-21-25(14-18)45-26-15-19(39)7-10-22(26)29(21)20-8-5-17(13-23(20)32(42)43)31(41)35-12-11-34-28(40)4-2-1-3-27-30-24(16-46-27)36-33(44)37-30/h5-10,13-15,24,27,30,38H,1-4,11-12,16H2,(H,34,40)(H,35,41)(H,42,43)(H2,36,37,44)/t24-,27-,30-/m0/s1. The number of thioether (sulfide) groups is 1. The van der Waals surface area contributed by atoms with Gasteiger partial charge in [-0.1, -0.05) is 12.5 Å². The van der Waals surface area contributed by atoms with Crippen LogP contribution in [0.1, 0.15) is 46.4 Å². The van der Waals surface area contributed by atoms with E-state index in [9.17, 15) is 34.2 Å². The second-order valence-electron chi connectivity index (χ2n) is 11.4. The molecule has 13 heteroatoms. The molecule has 46 heavy (non-hydrogen) atoms. The van der Waals surface area contributed by atoms with Gasteiger partial charge in [0.25, 0.3) is 5.91 Å². The number of hydrogen-bond donors (Lipinski definition) is 6. The number of carboxylic acids is 1. The van der Waals surface area contributed by atoms with Crippen LogP contribution in [0, 0.1) is 0 Å². The summed E-state index contributed by atoms with van der Waals surface area (Å²) in [6.07, 6.45) is 2.87. The molecule has 2 aromatic rings. The van der Waals surface area contributed by atoms with Gasteiger partial charge in [-0.05, 0) is 54.8 Å². The topological polar surface area (TPSA) is 187 Å². The summed E-state index contributed by atoms with van der Waals surface area (Å²) < 4.78 is 5.85. The van der Waals surface area contributed by atoms with Crippen molar-refractivity contribution in [2.45, 2.75) is 43.0 Å². The summed E-state index contributed by atoms with van der Waals surface area (Å²) >= 11 is 1.84. The van der Waals surface area contributed by atoms with Crippen LogP contribution in [-0.4, -0.2) is 70.2 Å². The highest BCUT2D eigenvalue weighted by Crippen LogP contribution is 2.42. The first kappa shape index (κ1) is 31.0. The Kier molecular flexibility index (Phi) is 8.84. The molecule has 4 amide bonds. The van der Waals surface area contributed by atoms with Crippen LogP contribution in [0.5, 0.6) is 5.75 Å². The number of rotatable bonds is 11. The van der Waals surface area contributed by atoms with Gasteiger partial charge in [0.05, 0.1) is 17.6 Å². The highest BCUT2D eigenvalue weighted by molar-refractivity contribution is 8.00. The summed E-state index contributed by atoms with van der Waals surface area (Å²) in [7, 11) is 0. The highest BCUT2D eigenvalue weighted by atomic mass is 32.2. The summed E-state index contributed by atoms with van der Waals surface area (Å²) in [5, 5.41) is 32.4. The van der Waals surface area contributed by atoms with E-state index in [1.165, 1.54) is 42.5 Å². The van der Waals surface area contributed by atoms with Crippen LogP contribution in [0.3, 0.4) is 0 Å². The number of unbranched alkanes of at least 4 members (excludes halogenated alkanes) is 1. The largest absolute Gasteiger partial charge is 0.508 e. The molecule has 0 spiro atoms. The number of hydrogen-bond acceptors (Lipinski definition) is 8. The summed E-state index contributed by atoms with van der Waals surface area (Å²) in [6.45, 7) is 0.369. The van der Waals surface area contributed by atoms with Crippen molar-refractivity contribution in [1.29, 1.82) is 0 Å². The SMILES string of the molecule is O=C(CCCC[C@@H]1SC[C@@H]2NC(=O)N[C@@H]21)NCCNC(=O)c1ccc(-c2c3ccc(=O)cc-3oc3cc(O)ccc23)c(C(=O)O)c1. The fourth-order valence-corrected chi connectivity index (χ4v) is 7.62. The summed E-state index contributed by atoms with van der Waals surface area (Å²) in [4.78, 5) is 61.2. The zero-order valence-corrected chi connectivity index (χ0v) is 25.4. The summed E-state index contributed by atoms with van der Waals surface area (Å²) in [6, 6.07) is 13.2. The number of amides is 4. The fraction of sp³-hybridized carbons (Fsp3) is 0.303. The number of benzene rings is 3. The van der Waals surface area contributed by atoms with Crippen LogP contribution in [0.15, 0.2) is 63.8 Å². The predicted octanol–water partition coefficient (Wildman–Crippen LogP) is 3.54. The maximum Gasteiger partial charge on any atom is 0.336 e. The molecule has 1 aliphatic carbocycles. The molecular formula is C33H32N4O8S. The first-order valence-electron chi connectivity index (χ1n) is 15.0. The number of aromatic carboxylic acids is 1. The number of fused-ring (bicyclic) bond motifs is 3. The molecule has 238 valence electrons. The Morgan fingerprint density at radius 1 is 0.935 bits per heavy atom. The molecule has 2 saturated heterocycles. The van der Waals surface area contributed by atoms with Crippen molar-refractivity contribution >= 4 is 46.5 Å². The third-order valence-corrected chi connectivity index (χ3v) is 9.78. The molecule has 0 unspecified atom stereocenters. The molecule has 6 rings (SSSR count). The van der Waals surface area contributed by atoms with Crippen molar-refractivity contribution in [3.8, 4) is 28.2 Å². The lowest BCUT2D eigenvalue weighted by atomic mass is 9.90. The van der Waals surface area contributed by atoms with Gasteiger partial charge in [-0.2, -0.15) is 11.8 Å². The Bertz CT molecular complexity index is 1870. The van der Waals surface area contributed by atoms with Gasteiger partial charge in [-0.3, -0.25) is 14.4 Å². The van der Waals surface area contributed by atoms with E-state index in [1.54, 1.807) is 12.1 Å². The van der Waals surface area contributed by atoms with Crippen molar-refractivity contribution < 1.29 is 33.8 Å². The average Bonchev–Trinajstić information content (AvgIpc) is 3.58. The first-order valence-corrected chi connectivity index (χ1v) is 16.0. The molecule has 2 fully saturated rings. The van der Waals surface area contributed by atoms with Gasteiger partial charge in [-0.25, -0.2) is 9.59 Å². The van der Waals surface area contributed by atoms with E-state index in [4.69, 9.17) is 4.42 Å². The maximum atomic E-state index is 12.9. The minimum atomic E-state index is -1.26. The number of carbonyl (C=O) groups excluding carboxylic acids is 3. The summed E-state index contributed by atoms with van der Waals surface area (Å²) in [5.74, 6) is -0.806. The van der Waals surface area contributed by atoms with E-state index in [0.717, 1.165) is 25.0 Å². The minimum absolute atomic E-state index is 0.0581. The number of carboxylic acid groups (broad SMARTS) is 1. The lowest BCUT2D eigenvalue weighted by Crippen LogP contribution is -2.36. The lowest BCUT2D eigenvalue weighted by Gasteiger charge is -2.17. The third kappa shape index (κ3) is 6.50. The molecule has 3 heterocycles. The third-order valence-electron chi connectivity index (χ3n) is 8.27. The van der Waals surface area contributed by atoms with E-state index in [0.29, 0.717) is 33.7 Å². The second-order valence-corrected chi connectivity index (χ2v) is 12.6. The number of phenolic OH excluding ortho intramolecular Hbond substituents is 1. The highest BCUT2D eigenvalue weighted by Gasteiger charge is 2.42. The Morgan fingerprint density at radius 2 is 1.74 bits per heavy atom. The van der Waals surface area contributed by atoms with E-state index in [-0.39, 0.29) is 70.8 Å². The van der Waals surface area contributed by atoms with E-state index in [2.05, 4.69) is 21.3 Å². The van der Waals surface area contributed by atoms with Crippen molar-refractivity contribution in [2.75, 3.05) is 18.8 Å². The van der Waals surface area contributed by atoms with Crippen LogP contribution < -0.4 is 26.7 Å². The molecule has 12 nitrogen and oxygen atoms in total. The van der Waals surface area contributed by atoms with Crippen LogP contribution in [-0.2, 0) is 4.79 Å². The van der Waals surface area contributed by atoms with Crippen molar-refractivity contribution in [1.82, 2.24) is 21.3 Å². The van der Waals surface area contributed by atoms with Gasteiger partial charge in [0.15, 0.2) is 5.43 Å². The fourth-order valence-electron chi connectivity index (χ4n) is 6.07. The van der Waals surface area contributed by atoms with Crippen molar-refractivity contribution in [2.24, 2.45) is 0 Å². The normalized spacial score (nSPS) is 18.6. The molecule has 0 aromatic heterocycles. The average molecular weight is 645 g/mol. The maximum absolute atomic E-state index is 12.9. The summed E-state index contributed by atoms with van der Waals surface area (Å²) in [5.41, 5.74) is 1.25. The molecule has 0 saturated carbocycles. The van der Waals surface area contributed by atoms with Crippen LogP contribution in [0.4, 0.5) is 4.79 Å². The second kappa shape index (κ2) is 13.1. The van der Waals surface area contributed by atoms with Gasteiger partial charge < -0.3 is 35.9 Å². The molecule has 6 N–H and O–H groups in total. The zero-order chi connectivity index (χ0) is 32.4. The van der Waals surface area contributed by atoms with E-state index < -0.39 is 11.9 Å². The molecule has 3 atom stereocenters. The number of nitrogens with one attached hydrogen (secondary N) is 4. The molecular weight excluding hydrogens is 612 g/mol. The molecule has 0 radical (unpaired) electrons. The Hall–Kier alpha value is -5.04. The molecule has 2 aromatic carbocycles. The smallest absolute Gasteiger partial charge is 0.336 e. The quantitative estimate of drug-likeness (QED) is 0.0807. The molecule has 3 aliphatic heterocycles. The van der Waals surface area contributed by atoms with E-state index in [1.807, 2.05) is 11.8 Å². The number of carbonyl (C=O) groups is 4. The minimum Gasteiger partial charge on any atom is -0.508 e. The Labute approximate surface area is 267 Å². The molecule has 0 bridgehead atoms. The number of urea groups is 1. The van der Waals surface area contributed by atoms with Crippen LogP contribution >= 0.6 is 11.8 Å². The van der Waals surface area contributed by atoms with Gasteiger partial charge in [0.2, 0.25) is 5.91 Å². The number of phenols is 1.